The van der Waals surface area contributed by atoms with Crippen molar-refractivity contribution in [3.8, 4) is 0 Å². The van der Waals surface area contributed by atoms with Gasteiger partial charge < -0.3 is 0 Å². The van der Waals surface area contributed by atoms with E-state index in [9.17, 15) is 0 Å². The van der Waals surface area contributed by atoms with Crippen molar-refractivity contribution in [3.63, 3.8) is 0 Å². The van der Waals surface area contributed by atoms with Crippen LogP contribution in [0.3, 0.4) is 0 Å². The molecule has 2 fully saturated rings. The normalized spacial score (nSPS) is 29.2. The number of rotatable bonds is 1. The van der Waals surface area contributed by atoms with Crippen LogP contribution in [0.15, 0.2) is 0 Å². The van der Waals surface area contributed by atoms with Gasteiger partial charge in [0.05, 0.1) is 0 Å². The monoisotopic (exact) mass is 168 g/mol. The number of nitrogens with one attached hydrogen (secondary N) is 1. The zero-order chi connectivity index (χ0) is 8.60. The molecule has 1 saturated carbocycles. The van der Waals surface area contributed by atoms with Crippen molar-refractivity contribution in [3.05, 3.63) is 0 Å². The van der Waals surface area contributed by atoms with E-state index in [1.807, 2.05) is 0 Å². The Hall–Kier alpha value is -0.0800. The van der Waals surface area contributed by atoms with Crippen molar-refractivity contribution < 1.29 is 0 Å². The molecule has 0 unspecified atom stereocenters. The van der Waals surface area contributed by atoms with Gasteiger partial charge in [0.2, 0.25) is 0 Å². The molecule has 2 aliphatic rings. The molecular weight excluding hydrogens is 148 g/mol. The fourth-order valence-electron chi connectivity index (χ4n) is 2.95. The molecule has 0 aromatic rings. The summed E-state index contributed by atoms with van der Waals surface area (Å²) >= 11 is 0. The molecule has 2 rings (SSSR count). The Bertz CT molecular complexity index is 154. The van der Waals surface area contributed by atoms with Gasteiger partial charge in [0, 0.05) is 18.1 Å². The molecule has 1 aliphatic heterocycles. The van der Waals surface area contributed by atoms with Crippen LogP contribution in [0.1, 0.15) is 46.0 Å². The van der Waals surface area contributed by atoms with Gasteiger partial charge in [-0.15, -0.1) is 0 Å². The highest BCUT2D eigenvalue weighted by Gasteiger charge is 2.43. The van der Waals surface area contributed by atoms with E-state index in [1.54, 1.807) is 0 Å². The predicted molar refractivity (Wildman–Crippen MR) is 50.8 cm³/mol. The van der Waals surface area contributed by atoms with Gasteiger partial charge in [-0.25, -0.2) is 5.01 Å². The second-order valence-corrected chi connectivity index (χ2v) is 4.55. The van der Waals surface area contributed by atoms with Crippen LogP contribution in [-0.2, 0) is 0 Å². The minimum Gasteiger partial charge on any atom is -0.254 e. The van der Waals surface area contributed by atoms with E-state index in [0.29, 0.717) is 11.6 Å². The van der Waals surface area contributed by atoms with Gasteiger partial charge in [0.25, 0.3) is 0 Å². The Morgan fingerprint density at radius 1 is 1.17 bits per heavy atom. The van der Waals surface area contributed by atoms with Crippen molar-refractivity contribution in [1.29, 1.82) is 0 Å². The highest BCUT2D eigenvalue weighted by Crippen LogP contribution is 2.40. The van der Waals surface area contributed by atoms with Crippen LogP contribution in [0, 0.1) is 0 Å². The van der Waals surface area contributed by atoms with Crippen LogP contribution in [0.4, 0.5) is 0 Å². The van der Waals surface area contributed by atoms with E-state index in [0.717, 1.165) is 0 Å². The molecule has 1 spiro atoms. The smallest absolute Gasteiger partial charge is 0.0369 e. The molecule has 0 amide bonds. The van der Waals surface area contributed by atoms with Gasteiger partial charge in [-0.2, -0.15) is 0 Å². The summed E-state index contributed by atoms with van der Waals surface area (Å²) in [4.78, 5) is 0. The van der Waals surface area contributed by atoms with Crippen LogP contribution < -0.4 is 5.43 Å². The average molecular weight is 168 g/mol. The van der Waals surface area contributed by atoms with Gasteiger partial charge in [-0.05, 0) is 33.1 Å². The van der Waals surface area contributed by atoms with Crippen LogP contribution >= 0.6 is 0 Å². The van der Waals surface area contributed by atoms with E-state index in [1.165, 1.54) is 38.6 Å². The Balaban J connectivity index is 2.12. The second-order valence-electron chi connectivity index (χ2n) is 4.55. The first-order chi connectivity index (χ1) is 5.75. The molecule has 1 N–H and O–H groups in total. The lowest BCUT2D eigenvalue weighted by Crippen LogP contribution is -2.50. The lowest BCUT2D eigenvalue weighted by Gasteiger charge is -2.37. The van der Waals surface area contributed by atoms with E-state index in [4.69, 9.17) is 0 Å². The summed E-state index contributed by atoms with van der Waals surface area (Å²) in [6, 6.07) is 0.658. The molecule has 0 aromatic heterocycles. The highest BCUT2D eigenvalue weighted by atomic mass is 15.6. The molecule has 0 atom stereocenters. The third kappa shape index (κ3) is 1.17. The van der Waals surface area contributed by atoms with Gasteiger partial charge in [-0.3, -0.25) is 5.43 Å². The lowest BCUT2D eigenvalue weighted by atomic mass is 9.93. The Labute approximate surface area is 75.3 Å². The van der Waals surface area contributed by atoms with Crippen molar-refractivity contribution in [2.75, 3.05) is 6.54 Å². The molecule has 1 heterocycles. The molecular formula is C10H20N2. The summed E-state index contributed by atoms with van der Waals surface area (Å²) in [7, 11) is 0. The average Bonchev–Trinajstić information content (AvgIpc) is 2.61. The van der Waals surface area contributed by atoms with E-state index < -0.39 is 0 Å². The summed E-state index contributed by atoms with van der Waals surface area (Å²) in [6.45, 7) is 5.77. The lowest BCUT2D eigenvalue weighted by molar-refractivity contribution is 0.0609. The third-order valence-corrected chi connectivity index (χ3v) is 3.43. The fraction of sp³-hybridized carbons (Fsp3) is 1.00. The summed E-state index contributed by atoms with van der Waals surface area (Å²) in [5, 5.41) is 2.51. The second kappa shape index (κ2) is 3.00. The van der Waals surface area contributed by atoms with Crippen LogP contribution in [0.25, 0.3) is 0 Å². The maximum Gasteiger partial charge on any atom is 0.0369 e. The topological polar surface area (TPSA) is 15.3 Å². The Morgan fingerprint density at radius 2 is 1.83 bits per heavy atom. The fourth-order valence-corrected chi connectivity index (χ4v) is 2.95. The zero-order valence-electron chi connectivity index (χ0n) is 8.27. The SMILES string of the molecule is CC(C)N1NCCC12CCCC2. The largest absolute Gasteiger partial charge is 0.254 e. The predicted octanol–water partition coefficient (Wildman–Crippen LogP) is 1.92. The number of hydrogen-bond donors (Lipinski definition) is 1. The van der Waals surface area contributed by atoms with Crippen LogP contribution in [-0.4, -0.2) is 23.1 Å². The summed E-state index contributed by atoms with van der Waals surface area (Å²) in [5.41, 5.74) is 4.07. The minimum absolute atomic E-state index is 0.550. The molecule has 0 bridgehead atoms. The molecule has 1 saturated heterocycles. The van der Waals surface area contributed by atoms with E-state index in [-0.39, 0.29) is 0 Å². The molecule has 1 aliphatic carbocycles. The Kier molecular flexibility index (Phi) is 2.13. The first-order valence-electron chi connectivity index (χ1n) is 5.27. The molecule has 2 nitrogen and oxygen atoms in total. The number of hydrogen-bond acceptors (Lipinski definition) is 2. The standard InChI is InChI=1S/C10H20N2/c1-9(2)12-10(7-8-11-12)5-3-4-6-10/h9,11H,3-8H2,1-2H3. The van der Waals surface area contributed by atoms with Crippen molar-refractivity contribution in [2.45, 2.75) is 57.5 Å². The summed E-state index contributed by atoms with van der Waals surface area (Å²) < 4.78 is 0. The number of nitrogens with zero attached hydrogens (tertiary/aromatic N) is 1. The molecule has 0 aromatic carbocycles. The van der Waals surface area contributed by atoms with Gasteiger partial charge in [0.15, 0.2) is 0 Å². The van der Waals surface area contributed by atoms with Crippen molar-refractivity contribution in [2.24, 2.45) is 0 Å². The first-order valence-corrected chi connectivity index (χ1v) is 5.27. The maximum absolute atomic E-state index is 3.52. The number of hydrazine groups is 1. The maximum atomic E-state index is 3.52. The van der Waals surface area contributed by atoms with E-state index >= 15 is 0 Å². The summed E-state index contributed by atoms with van der Waals surface area (Å²) in [5.74, 6) is 0. The summed E-state index contributed by atoms with van der Waals surface area (Å²) in [6.07, 6.45) is 7.07. The van der Waals surface area contributed by atoms with Gasteiger partial charge >= 0.3 is 0 Å². The van der Waals surface area contributed by atoms with Crippen molar-refractivity contribution >= 4 is 0 Å². The Morgan fingerprint density at radius 3 is 2.42 bits per heavy atom. The van der Waals surface area contributed by atoms with Gasteiger partial charge in [0.1, 0.15) is 0 Å². The van der Waals surface area contributed by atoms with Gasteiger partial charge in [-0.1, -0.05) is 12.8 Å². The van der Waals surface area contributed by atoms with E-state index in [2.05, 4.69) is 24.3 Å². The first kappa shape index (κ1) is 8.52. The minimum atomic E-state index is 0.550. The molecule has 70 valence electrons. The zero-order valence-corrected chi connectivity index (χ0v) is 8.27. The third-order valence-electron chi connectivity index (χ3n) is 3.43. The molecule has 0 radical (unpaired) electrons. The van der Waals surface area contributed by atoms with Crippen molar-refractivity contribution in [1.82, 2.24) is 10.4 Å². The highest BCUT2D eigenvalue weighted by molar-refractivity contribution is 4.98. The molecule has 2 heteroatoms. The van der Waals surface area contributed by atoms with Crippen LogP contribution in [0.2, 0.25) is 0 Å². The van der Waals surface area contributed by atoms with Crippen LogP contribution in [0.5, 0.6) is 0 Å². The molecule has 12 heavy (non-hydrogen) atoms. The quantitative estimate of drug-likeness (QED) is 0.643.